The number of rotatable bonds is 37. The van der Waals surface area contributed by atoms with E-state index in [1.165, 1.54) is 83.5 Å². The van der Waals surface area contributed by atoms with Crippen LogP contribution in [-0.4, -0.2) is 52.3 Å². The maximum absolute atomic E-state index is 12.4. The van der Waals surface area contributed by atoms with Crippen LogP contribution >= 0.6 is 7.82 Å². The van der Waals surface area contributed by atoms with E-state index in [1.54, 1.807) is 0 Å². The van der Waals surface area contributed by atoms with E-state index in [0.717, 1.165) is 51.4 Å². The third kappa shape index (κ3) is 39.2. The van der Waals surface area contributed by atoms with Crippen molar-refractivity contribution in [1.29, 1.82) is 0 Å². The Hall–Kier alpha value is -2.03. The molecule has 0 radical (unpaired) electrons. The van der Waals surface area contributed by atoms with E-state index in [2.05, 4.69) is 47.9 Å². The molecule has 0 aromatic carbocycles. The highest BCUT2D eigenvalue weighted by molar-refractivity contribution is 7.46. The summed E-state index contributed by atoms with van der Waals surface area (Å²) in [5.41, 5.74) is 0. The number of aliphatic hydroxyl groups excluding tert-OH is 1. The van der Waals surface area contributed by atoms with Crippen molar-refractivity contribution < 1.29 is 43.0 Å². The molecule has 0 aliphatic carbocycles. The van der Waals surface area contributed by atoms with Crippen molar-refractivity contribution in [3.05, 3.63) is 48.6 Å². The van der Waals surface area contributed by atoms with Crippen molar-refractivity contribution in [2.24, 2.45) is 0 Å². The molecule has 302 valence electrons. The van der Waals surface area contributed by atoms with Crippen LogP contribution in [0.1, 0.15) is 181 Å². The fourth-order valence-electron chi connectivity index (χ4n) is 5.52. The van der Waals surface area contributed by atoms with Crippen LogP contribution in [0.4, 0.5) is 0 Å². The predicted octanol–water partition coefficient (Wildman–Crippen LogP) is 11.3. The van der Waals surface area contributed by atoms with Crippen LogP contribution in [0.25, 0.3) is 0 Å². The Labute approximate surface area is 317 Å². The summed E-state index contributed by atoms with van der Waals surface area (Å²) >= 11 is 0. The highest BCUT2D eigenvalue weighted by Gasteiger charge is 2.22. The summed E-state index contributed by atoms with van der Waals surface area (Å²) in [6.45, 7) is 3.36. The second-order valence-corrected chi connectivity index (χ2v) is 15.0. The van der Waals surface area contributed by atoms with Crippen LogP contribution in [0.3, 0.4) is 0 Å². The number of unbranched alkanes of at least 4 members (excludes halogenated alkanes) is 16. The summed E-state index contributed by atoms with van der Waals surface area (Å²) in [6, 6.07) is 0. The summed E-state index contributed by atoms with van der Waals surface area (Å²) in [4.78, 5) is 42.8. The van der Waals surface area contributed by atoms with Gasteiger partial charge in [-0.25, -0.2) is 4.57 Å². The molecule has 0 aliphatic rings. The quantitative estimate of drug-likeness (QED) is 0.0245. The Morgan fingerprint density at radius 2 is 1.02 bits per heavy atom. The molecule has 9 nitrogen and oxygen atoms in total. The first-order valence-corrected chi connectivity index (χ1v) is 22.0. The molecular weight excluding hydrogens is 679 g/mol. The molecular formula is C42H75O9P. The maximum atomic E-state index is 12.4. The lowest BCUT2D eigenvalue weighted by Gasteiger charge is -2.18. The average molecular weight is 755 g/mol. The van der Waals surface area contributed by atoms with Crippen LogP contribution in [0, 0.1) is 0 Å². The zero-order chi connectivity index (χ0) is 38.4. The second-order valence-electron chi connectivity index (χ2n) is 13.8. The SMILES string of the molecule is CCCCCCCCCCCCCCCCCCC(=O)OC[C@H](COP(=O)(O)O)OC(=O)CCC/C=C\C/C=C\C/C=C\C/C=C\CC[C@H](O)CC. The number of ether oxygens (including phenoxy) is 2. The number of hydrogen-bond donors (Lipinski definition) is 3. The van der Waals surface area contributed by atoms with Gasteiger partial charge in [-0.05, 0) is 57.8 Å². The average Bonchev–Trinajstić information content (AvgIpc) is 3.11. The highest BCUT2D eigenvalue weighted by Crippen LogP contribution is 2.36. The van der Waals surface area contributed by atoms with Crippen molar-refractivity contribution in [2.75, 3.05) is 13.2 Å². The highest BCUT2D eigenvalue weighted by atomic mass is 31.2. The van der Waals surface area contributed by atoms with Gasteiger partial charge in [-0.15, -0.1) is 0 Å². The molecule has 0 aromatic rings. The Kier molecular flexibility index (Phi) is 35.8. The molecule has 0 amide bonds. The monoisotopic (exact) mass is 755 g/mol. The molecule has 3 N–H and O–H groups in total. The Morgan fingerprint density at radius 3 is 1.50 bits per heavy atom. The number of aliphatic hydroxyl groups is 1. The fraction of sp³-hybridized carbons (Fsp3) is 0.762. The first-order valence-electron chi connectivity index (χ1n) is 20.5. The first-order chi connectivity index (χ1) is 25.2. The molecule has 0 aliphatic heterocycles. The van der Waals surface area contributed by atoms with Gasteiger partial charge in [0.25, 0.3) is 0 Å². The first kappa shape index (κ1) is 50.0. The predicted molar refractivity (Wildman–Crippen MR) is 213 cm³/mol. The number of carbonyl (C=O) groups is 2. The number of hydrogen-bond acceptors (Lipinski definition) is 7. The molecule has 2 atom stereocenters. The second kappa shape index (κ2) is 37.3. The van der Waals surface area contributed by atoms with Crippen molar-refractivity contribution >= 4 is 19.8 Å². The number of phosphoric ester groups is 1. The smallest absolute Gasteiger partial charge is 0.462 e. The Balaban J connectivity index is 4.03. The lowest BCUT2D eigenvalue weighted by Crippen LogP contribution is -2.29. The zero-order valence-corrected chi connectivity index (χ0v) is 33.7. The normalized spacial score (nSPS) is 13.6. The van der Waals surface area contributed by atoms with Crippen LogP contribution in [0.2, 0.25) is 0 Å². The van der Waals surface area contributed by atoms with E-state index in [9.17, 15) is 19.3 Å². The number of allylic oxidation sites excluding steroid dienone is 8. The minimum atomic E-state index is -4.78. The molecule has 0 spiro atoms. The molecule has 0 bridgehead atoms. The Bertz CT molecular complexity index is 1000. The van der Waals surface area contributed by atoms with Gasteiger partial charge in [-0.2, -0.15) is 0 Å². The molecule has 10 heteroatoms. The molecule has 0 aromatic heterocycles. The van der Waals surface area contributed by atoms with Crippen molar-refractivity contribution in [1.82, 2.24) is 0 Å². The minimum absolute atomic E-state index is 0.123. The van der Waals surface area contributed by atoms with E-state index in [-0.39, 0.29) is 25.6 Å². The van der Waals surface area contributed by atoms with E-state index < -0.39 is 32.5 Å². The molecule has 0 rings (SSSR count). The van der Waals surface area contributed by atoms with Gasteiger partial charge in [-0.3, -0.25) is 14.1 Å². The Morgan fingerprint density at radius 1 is 0.577 bits per heavy atom. The van der Waals surface area contributed by atoms with Gasteiger partial charge in [0.15, 0.2) is 6.10 Å². The van der Waals surface area contributed by atoms with E-state index in [1.807, 2.05) is 19.1 Å². The van der Waals surface area contributed by atoms with E-state index >= 15 is 0 Å². The molecule has 0 fully saturated rings. The molecule has 0 saturated carbocycles. The van der Waals surface area contributed by atoms with Crippen LogP contribution in [0.5, 0.6) is 0 Å². The van der Waals surface area contributed by atoms with Crippen LogP contribution < -0.4 is 0 Å². The summed E-state index contributed by atoms with van der Waals surface area (Å²) in [6.07, 6.45) is 42.1. The number of phosphoric acid groups is 1. The van der Waals surface area contributed by atoms with Crippen molar-refractivity contribution in [2.45, 2.75) is 193 Å². The number of esters is 2. The van der Waals surface area contributed by atoms with Gasteiger partial charge in [-0.1, -0.05) is 159 Å². The molecule has 0 heterocycles. The van der Waals surface area contributed by atoms with Crippen LogP contribution in [-0.2, 0) is 28.2 Å². The van der Waals surface area contributed by atoms with Gasteiger partial charge in [0, 0.05) is 12.8 Å². The van der Waals surface area contributed by atoms with Gasteiger partial charge < -0.3 is 24.4 Å². The molecule has 0 unspecified atom stereocenters. The van der Waals surface area contributed by atoms with Crippen molar-refractivity contribution in [3.8, 4) is 0 Å². The minimum Gasteiger partial charge on any atom is -0.462 e. The summed E-state index contributed by atoms with van der Waals surface area (Å²) in [5.74, 6) is -0.966. The maximum Gasteiger partial charge on any atom is 0.469 e. The van der Waals surface area contributed by atoms with Gasteiger partial charge in [0.1, 0.15) is 6.61 Å². The topological polar surface area (TPSA) is 140 Å². The summed E-state index contributed by atoms with van der Waals surface area (Å²) in [5, 5.41) is 9.54. The summed E-state index contributed by atoms with van der Waals surface area (Å²) in [7, 11) is -4.78. The lowest BCUT2D eigenvalue weighted by molar-refractivity contribution is -0.161. The molecule has 52 heavy (non-hydrogen) atoms. The van der Waals surface area contributed by atoms with Gasteiger partial charge >= 0.3 is 19.8 Å². The van der Waals surface area contributed by atoms with Crippen LogP contribution in [0.15, 0.2) is 48.6 Å². The van der Waals surface area contributed by atoms with Gasteiger partial charge in [0.2, 0.25) is 0 Å². The zero-order valence-electron chi connectivity index (χ0n) is 32.8. The summed E-state index contributed by atoms with van der Waals surface area (Å²) < 4.78 is 26.3. The third-order valence-electron chi connectivity index (χ3n) is 8.76. The van der Waals surface area contributed by atoms with Gasteiger partial charge in [0.05, 0.1) is 12.7 Å². The van der Waals surface area contributed by atoms with E-state index in [4.69, 9.17) is 19.3 Å². The van der Waals surface area contributed by atoms with E-state index in [0.29, 0.717) is 19.3 Å². The standard InChI is InChI=1S/C42H75O9P/c1-3-5-6-7-8-9-10-11-12-13-17-20-23-26-29-32-35-41(44)49-37-40(38-50-52(46,47)48)51-42(45)36-33-30-27-24-21-18-15-14-16-19-22-25-28-31-34-39(43)4-2/h15-16,18-19,24-25,27-28,39-40,43H,3-14,17,20-23,26,29-38H2,1-2H3,(H2,46,47,48)/b18-15-,19-16-,27-24-,28-25-/t39-,40-/m1/s1. The number of carbonyl (C=O) groups excluding carboxylic acids is 2. The fourth-order valence-corrected chi connectivity index (χ4v) is 5.88. The van der Waals surface area contributed by atoms with Crippen molar-refractivity contribution in [3.63, 3.8) is 0 Å². The third-order valence-corrected chi connectivity index (χ3v) is 9.25. The lowest BCUT2D eigenvalue weighted by atomic mass is 10.0. The molecule has 0 saturated heterocycles. The largest absolute Gasteiger partial charge is 0.469 e.